The van der Waals surface area contributed by atoms with Gasteiger partial charge in [0, 0.05) is 0 Å². The van der Waals surface area contributed by atoms with E-state index in [1.807, 2.05) is 0 Å². The molecular weight excluding hydrogens is 217 g/mol. The van der Waals surface area contributed by atoms with E-state index >= 15 is 0 Å². The van der Waals surface area contributed by atoms with E-state index in [4.69, 9.17) is 0 Å². The summed E-state index contributed by atoms with van der Waals surface area (Å²) in [4.78, 5) is -1.06. The molecule has 0 amide bonds. The van der Waals surface area contributed by atoms with Crippen molar-refractivity contribution in [1.29, 1.82) is 0 Å². The maximum absolute atomic E-state index is 11.1. The zero-order chi connectivity index (χ0) is 9.90. The number of nitrogens with zero attached hydrogens (tertiary/aromatic N) is 1. The number of hydrogen-bond donors (Lipinski definition) is 0. The van der Waals surface area contributed by atoms with Gasteiger partial charge < -0.3 is 10.4 Å². The molecule has 0 N–H and O–H groups in total. The molecule has 5 nitrogen and oxygen atoms in total. The van der Waals surface area contributed by atoms with Crippen molar-refractivity contribution in [2.24, 2.45) is 0 Å². The summed E-state index contributed by atoms with van der Waals surface area (Å²) >= 11 is 0. The first kappa shape index (κ1) is 13.4. The second-order valence-electron chi connectivity index (χ2n) is 2.25. The number of benzene rings is 1. The molecule has 14 heavy (non-hydrogen) atoms. The Hall–Kier alpha value is -0.560. The van der Waals surface area contributed by atoms with Crippen molar-refractivity contribution in [3.63, 3.8) is 0 Å². The van der Waals surface area contributed by atoms with Crippen LogP contribution in [0.25, 0.3) is 0 Å². The van der Waals surface area contributed by atoms with Gasteiger partial charge in [0.2, 0.25) is 0 Å². The molecule has 0 radical (unpaired) electrons. The minimum atomic E-state index is -3.88. The van der Waals surface area contributed by atoms with Crippen LogP contribution in [0.5, 0.6) is 0 Å². The Morgan fingerprint density at radius 3 is 2.07 bits per heavy atom. The van der Waals surface area contributed by atoms with Crippen LogP contribution in [0, 0.1) is 10.4 Å². The molecular formula is C7H6NNaO4S. The monoisotopic (exact) mass is 223 g/mol. The molecule has 1 aromatic carbocycles. The summed E-state index contributed by atoms with van der Waals surface area (Å²) in [6, 6.07) is 7.23. The van der Waals surface area contributed by atoms with E-state index < -0.39 is 14.7 Å². The van der Waals surface area contributed by atoms with Gasteiger partial charge in [-0.25, -0.2) is 8.42 Å². The molecule has 1 aromatic rings. The normalized spacial score (nSPS) is 10.0. The first-order chi connectivity index (χ1) is 6.02. The smallest absolute Gasteiger partial charge is 0.612 e. The molecule has 0 aliphatic rings. The van der Waals surface area contributed by atoms with Gasteiger partial charge in [0.15, 0.2) is 0 Å². The average molecular weight is 223 g/mol. The van der Waals surface area contributed by atoms with Crippen molar-refractivity contribution in [2.45, 2.75) is 4.90 Å². The minimum Gasteiger partial charge on any atom is -0.612 e. The van der Waals surface area contributed by atoms with Gasteiger partial charge in [0.1, 0.15) is 0 Å². The predicted octanol–water partition coefficient (Wildman–Crippen LogP) is -2.50. The molecule has 0 aliphatic heterocycles. The zero-order valence-electron chi connectivity index (χ0n) is 7.45. The van der Waals surface area contributed by atoms with E-state index in [0.717, 1.165) is 0 Å². The Balaban J connectivity index is 0.00000169. The fraction of sp³-hybridized carbons (Fsp3) is 0. The van der Waals surface area contributed by atoms with Gasteiger partial charge in [-0.15, -0.1) is 0 Å². The van der Waals surface area contributed by atoms with E-state index in [1.54, 1.807) is 6.07 Å². The van der Waals surface area contributed by atoms with Crippen LogP contribution in [0.2, 0.25) is 0 Å². The second-order valence-corrected chi connectivity index (χ2v) is 4.02. The number of hydrogen-bond acceptors (Lipinski definition) is 4. The fourth-order valence-electron chi connectivity index (χ4n) is 0.784. The van der Waals surface area contributed by atoms with E-state index in [0.29, 0.717) is 0 Å². The van der Waals surface area contributed by atoms with Crippen LogP contribution in [0.15, 0.2) is 35.2 Å². The van der Waals surface area contributed by atoms with Crippen LogP contribution in [-0.4, -0.2) is 18.9 Å². The molecule has 0 saturated carbocycles. The average Bonchev–Trinajstić information content (AvgIpc) is 2.04. The molecule has 0 unspecified atom stereocenters. The van der Waals surface area contributed by atoms with E-state index in [9.17, 15) is 18.8 Å². The van der Waals surface area contributed by atoms with Crippen molar-refractivity contribution in [1.82, 2.24) is 0 Å². The SMILES string of the molecule is O=S(=O)(C=[N+]([O-])[O-])c1ccccc1.[Na+]. The zero-order valence-corrected chi connectivity index (χ0v) is 10.3. The summed E-state index contributed by atoms with van der Waals surface area (Å²) < 4.78 is 22.3. The summed E-state index contributed by atoms with van der Waals surface area (Å²) in [5, 5.41) is 19.9. The third-order valence-electron chi connectivity index (χ3n) is 1.30. The standard InChI is InChI=1S/C7H6NO4S.Na/c9-8(10)6-13(11,12)7-4-2-1-3-5-7;/h1-6H;/q-1;+1. The first-order valence-corrected chi connectivity index (χ1v) is 4.85. The Morgan fingerprint density at radius 2 is 1.64 bits per heavy atom. The van der Waals surface area contributed by atoms with Gasteiger partial charge in [0.25, 0.3) is 15.4 Å². The third-order valence-corrected chi connectivity index (χ3v) is 2.68. The first-order valence-electron chi connectivity index (χ1n) is 3.31. The van der Waals surface area contributed by atoms with Gasteiger partial charge in [-0.3, -0.25) is 0 Å². The molecule has 0 aromatic heterocycles. The van der Waals surface area contributed by atoms with Gasteiger partial charge in [0.05, 0.1) is 4.90 Å². The minimum absolute atomic E-state index is 0. The van der Waals surface area contributed by atoms with Crippen LogP contribution in [0.4, 0.5) is 0 Å². The summed E-state index contributed by atoms with van der Waals surface area (Å²) in [6.45, 7) is 0. The van der Waals surface area contributed by atoms with Gasteiger partial charge >= 0.3 is 29.6 Å². The van der Waals surface area contributed by atoms with Crippen LogP contribution in [-0.2, 0) is 9.84 Å². The molecule has 0 fully saturated rings. The fourth-order valence-corrected chi connectivity index (χ4v) is 1.67. The van der Waals surface area contributed by atoms with Crippen LogP contribution in [0.1, 0.15) is 0 Å². The predicted molar refractivity (Wildman–Crippen MR) is 46.7 cm³/mol. The van der Waals surface area contributed by atoms with Crippen LogP contribution in [0.3, 0.4) is 0 Å². The van der Waals surface area contributed by atoms with E-state index in [1.165, 1.54) is 24.3 Å². The molecule has 0 aliphatic carbocycles. The molecule has 0 bridgehead atoms. The van der Waals surface area contributed by atoms with E-state index in [-0.39, 0.29) is 40.0 Å². The Kier molecular flexibility index (Phi) is 5.14. The second kappa shape index (κ2) is 5.35. The molecule has 1 rings (SSSR count). The molecule has 0 spiro atoms. The van der Waals surface area contributed by atoms with Crippen molar-refractivity contribution < 1.29 is 42.9 Å². The van der Waals surface area contributed by atoms with Crippen molar-refractivity contribution in [3.8, 4) is 0 Å². The van der Waals surface area contributed by atoms with Crippen molar-refractivity contribution in [3.05, 3.63) is 40.7 Å². The summed E-state index contributed by atoms with van der Waals surface area (Å²) in [6.07, 6.45) is 0. The summed E-state index contributed by atoms with van der Waals surface area (Å²) in [5.74, 6) is 0. The Bertz CT molecular complexity index is 411. The van der Waals surface area contributed by atoms with Crippen LogP contribution < -0.4 is 29.6 Å². The van der Waals surface area contributed by atoms with Gasteiger partial charge in [-0.05, 0) is 12.1 Å². The third kappa shape index (κ3) is 3.67. The molecule has 0 saturated heterocycles. The van der Waals surface area contributed by atoms with Gasteiger partial charge in [-0.2, -0.15) is 4.90 Å². The molecule has 70 valence electrons. The van der Waals surface area contributed by atoms with Crippen LogP contribution >= 0.6 is 0 Å². The van der Waals surface area contributed by atoms with Gasteiger partial charge in [-0.1, -0.05) is 18.2 Å². The number of rotatable bonds is 2. The molecule has 0 heterocycles. The topological polar surface area (TPSA) is 83.3 Å². The molecule has 0 atom stereocenters. The maximum atomic E-state index is 11.1. The largest absolute Gasteiger partial charge is 1.00 e. The van der Waals surface area contributed by atoms with E-state index in [2.05, 4.69) is 0 Å². The maximum Gasteiger partial charge on any atom is 1.00 e. The summed E-state index contributed by atoms with van der Waals surface area (Å²) in [7, 11) is -3.88. The molecule has 7 heteroatoms. The Morgan fingerprint density at radius 1 is 1.14 bits per heavy atom. The summed E-state index contributed by atoms with van der Waals surface area (Å²) in [5.41, 5.74) is 0.0856. The Labute approximate surface area is 103 Å². The van der Waals surface area contributed by atoms with Crippen molar-refractivity contribution in [2.75, 3.05) is 0 Å². The quantitative estimate of drug-likeness (QED) is 0.182. The number of sulfone groups is 1. The van der Waals surface area contributed by atoms with Crippen molar-refractivity contribution >= 4 is 15.4 Å².